The van der Waals surface area contributed by atoms with E-state index in [4.69, 9.17) is 38.9 Å². The molecule has 286 valence electrons. The van der Waals surface area contributed by atoms with Crippen molar-refractivity contribution in [3.8, 4) is 23.0 Å². The smallest absolute Gasteiger partial charge is 0.246 e. The van der Waals surface area contributed by atoms with Crippen LogP contribution in [0.25, 0.3) is 28.2 Å². The molecule has 5 rings (SSSR count). The number of aryl methyl sites for hydroxylation is 2. The maximum Gasteiger partial charge on any atom is 0.246 e. The second kappa shape index (κ2) is 16.7. The van der Waals surface area contributed by atoms with Crippen LogP contribution in [0.2, 0.25) is 18.1 Å². The number of pyridine rings is 1. The molecule has 52 heavy (non-hydrogen) atoms. The highest BCUT2D eigenvalue weighted by atomic mass is 127. The summed E-state index contributed by atoms with van der Waals surface area (Å²) in [6.07, 6.45) is 6.57. The summed E-state index contributed by atoms with van der Waals surface area (Å²) in [7, 11) is 0.0330. The molecule has 2 atom stereocenters. The van der Waals surface area contributed by atoms with Gasteiger partial charge in [0.2, 0.25) is 11.8 Å². The van der Waals surface area contributed by atoms with Crippen molar-refractivity contribution in [1.82, 2.24) is 39.2 Å². The Balaban J connectivity index is 1.37. The third-order valence-corrected chi connectivity index (χ3v) is 16.0. The molecule has 0 spiro atoms. The highest BCUT2D eigenvalue weighted by Crippen LogP contribution is 2.38. The van der Waals surface area contributed by atoms with Crippen LogP contribution in [0.3, 0.4) is 0 Å². The Labute approximate surface area is 324 Å². The monoisotopic (exact) mass is 846 g/mol. The lowest BCUT2D eigenvalue weighted by molar-refractivity contribution is -0.0367. The largest absolute Gasteiger partial charge is 0.476 e. The molecule has 1 aliphatic rings. The molecule has 1 aliphatic heterocycles. The fourth-order valence-corrected chi connectivity index (χ4v) is 8.13. The first-order valence-electron chi connectivity index (χ1n) is 18.6. The number of ether oxygens (including phenoxy) is 3. The van der Waals surface area contributed by atoms with E-state index in [-0.39, 0.29) is 23.4 Å². The van der Waals surface area contributed by atoms with Crippen molar-refractivity contribution in [2.24, 2.45) is 7.05 Å². The number of rotatable bonds is 16. The second-order valence-electron chi connectivity index (χ2n) is 15.6. The van der Waals surface area contributed by atoms with E-state index >= 15 is 0 Å². The fourth-order valence-electron chi connectivity index (χ4n) is 6.38. The molecule has 0 N–H and O–H groups in total. The van der Waals surface area contributed by atoms with E-state index < -0.39 is 8.32 Å². The number of aromatic nitrogens is 7. The SMILES string of the molecule is C=Cc1nn(C2CCCCO2)c2cnc(-c3c(C)nn(C)c3O[C@@H](C)CN(Cc3c(I)c(OCC)nn3CCO[Si](C)(C)C(C)(C)C)C(C)C)cc12. The van der Waals surface area contributed by atoms with E-state index in [9.17, 15) is 0 Å². The number of hydrogen-bond acceptors (Lipinski definition) is 9. The topological polar surface area (TPSA) is 107 Å². The number of nitrogens with zero attached hydrogens (tertiary/aromatic N) is 8. The summed E-state index contributed by atoms with van der Waals surface area (Å²) < 4.78 is 32.2. The van der Waals surface area contributed by atoms with Crippen LogP contribution < -0.4 is 9.47 Å². The molecule has 4 aromatic rings. The Morgan fingerprint density at radius 3 is 2.56 bits per heavy atom. The number of fused-ring (bicyclic) bond motifs is 1. The van der Waals surface area contributed by atoms with Gasteiger partial charge < -0.3 is 18.6 Å². The first kappa shape index (κ1) is 40.4. The minimum Gasteiger partial charge on any atom is -0.476 e. The zero-order valence-electron chi connectivity index (χ0n) is 33.1. The molecule has 0 radical (unpaired) electrons. The van der Waals surface area contributed by atoms with Crippen LogP contribution in [0.1, 0.15) is 91.0 Å². The van der Waals surface area contributed by atoms with Gasteiger partial charge >= 0.3 is 0 Å². The summed E-state index contributed by atoms with van der Waals surface area (Å²) >= 11 is 2.38. The second-order valence-corrected chi connectivity index (χ2v) is 21.5. The Morgan fingerprint density at radius 1 is 1.17 bits per heavy atom. The molecule has 0 aliphatic carbocycles. The standard InChI is InChI=1S/C38H59IN8O4Si/c1-13-29-28-21-30(40-22-31(28)47(42-29)33-17-15-16-19-49-33)34-27(6)41-44(10)37(34)51-26(5)23-45(25(3)4)24-32-35(39)36(48-14-2)43-46(32)18-20-50-52(11,12)38(7,8)9/h13,21-22,25-26,33H,1,14-20,23-24H2,2-12H3/t26-,33?/m0/s1. The van der Waals surface area contributed by atoms with E-state index in [0.717, 1.165) is 68.7 Å². The molecule has 1 saturated heterocycles. The highest BCUT2D eigenvalue weighted by molar-refractivity contribution is 14.1. The van der Waals surface area contributed by atoms with Gasteiger partial charge in [0.15, 0.2) is 14.5 Å². The van der Waals surface area contributed by atoms with Crippen molar-refractivity contribution in [2.75, 3.05) is 26.4 Å². The van der Waals surface area contributed by atoms with E-state index in [1.54, 1.807) is 6.08 Å². The van der Waals surface area contributed by atoms with E-state index in [1.807, 2.05) is 36.5 Å². The van der Waals surface area contributed by atoms with Crippen molar-refractivity contribution in [1.29, 1.82) is 0 Å². The number of halogens is 1. The predicted molar refractivity (Wildman–Crippen MR) is 218 cm³/mol. The van der Waals surface area contributed by atoms with Crippen molar-refractivity contribution >= 4 is 47.9 Å². The molecular formula is C38H59IN8O4Si. The molecule has 0 bridgehead atoms. The summed E-state index contributed by atoms with van der Waals surface area (Å²) in [5.41, 5.74) is 5.38. The fraction of sp³-hybridized carbons (Fsp3) is 0.632. The Kier molecular flexibility index (Phi) is 13.0. The van der Waals surface area contributed by atoms with Crippen LogP contribution in [0.5, 0.6) is 11.8 Å². The molecule has 14 heteroatoms. The summed E-state index contributed by atoms with van der Waals surface area (Å²) in [5, 5.41) is 15.6. The van der Waals surface area contributed by atoms with Gasteiger partial charge in [-0.25, -0.2) is 9.36 Å². The van der Waals surface area contributed by atoms with Crippen LogP contribution in [0.15, 0.2) is 18.8 Å². The van der Waals surface area contributed by atoms with E-state index in [0.29, 0.717) is 44.6 Å². The average molecular weight is 847 g/mol. The lowest BCUT2D eigenvalue weighted by Crippen LogP contribution is -2.41. The average Bonchev–Trinajstić information content (AvgIpc) is 3.70. The van der Waals surface area contributed by atoms with Gasteiger partial charge in [-0.3, -0.25) is 14.6 Å². The van der Waals surface area contributed by atoms with Crippen LogP contribution >= 0.6 is 22.6 Å². The van der Waals surface area contributed by atoms with Gasteiger partial charge in [-0.15, -0.1) is 5.10 Å². The van der Waals surface area contributed by atoms with Gasteiger partial charge in [-0.2, -0.15) is 10.2 Å². The lowest BCUT2D eigenvalue weighted by Gasteiger charge is -2.36. The molecular weight excluding hydrogens is 787 g/mol. The maximum absolute atomic E-state index is 6.77. The van der Waals surface area contributed by atoms with Crippen LogP contribution in [-0.2, 0) is 29.3 Å². The third kappa shape index (κ3) is 8.77. The van der Waals surface area contributed by atoms with Crippen molar-refractivity contribution in [3.05, 3.63) is 39.5 Å². The zero-order chi connectivity index (χ0) is 38.0. The van der Waals surface area contributed by atoms with Gasteiger partial charge in [0.1, 0.15) is 6.10 Å². The van der Waals surface area contributed by atoms with Gasteiger partial charge in [0, 0.05) is 38.2 Å². The van der Waals surface area contributed by atoms with Crippen molar-refractivity contribution < 1.29 is 18.6 Å². The van der Waals surface area contributed by atoms with Gasteiger partial charge in [-0.1, -0.05) is 27.4 Å². The molecule has 12 nitrogen and oxygen atoms in total. The normalized spacial score (nSPS) is 16.3. The maximum atomic E-state index is 6.77. The van der Waals surface area contributed by atoms with Crippen LogP contribution in [0.4, 0.5) is 0 Å². The summed E-state index contributed by atoms with van der Waals surface area (Å²) in [4.78, 5) is 7.36. The number of hydrogen-bond donors (Lipinski definition) is 0. The molecule has 1 fully saturated rings. The minimum atomic E-state index is -1.89. The summed E-state index contributed by atoms with van der Waals surface area (Å²) in [5.74, 6) is 1.36. The van der Waals surface area contributed by atoms with Crippen LogP contribution in [0, 0.1) is 10.5 Å². The molecule has 0 amide bonds. The Bertz CT molecular complexity index is 1840. The van der Waals surface area contributed by atoms with Crippen molar-refractivity contribution in [3.63, 3.8) is 0 Å². The van der Waals surface area contributed by atoms with Crippen LogP contribution in [-0.4, -0.2) is 86.1 Å². The predicted octanol–water partition coefficient (Wildman–Crippen LogP) is 8.38. The van der Waals surface area contributed by atoms with E-state index in [2.05, 4.69) is 99.5 Å². The Hall–Kier alpha value is -2.79. The molecule has 5 heterocycles. The van der Waals surface area contributed by atoms with Gasteiger partial charge in [0.25, 0.3) is 0 Å². The zero-order valence-corrected chi connectivity index (χ0v) is 36.3. The third-order valence-electron chi connectivity index (χ3n) is 10.4. The summed E-state index contributed by atoms with van der Waals surface area (Å²) in [6, 6.07) is 2.33. The molecule has 0 saturated carbocycles. The van der Waals surface area contributed by atoms with E-state index in [1.165, 1.54) is 0 Å². The Morgan fingerprint density at radius 2 is 1.92 bits per heavy atom. The van der Waals surface area contributed by atoms with Gasteiger partial charge in [-0.05, 0) is 107 Å². The molecule has 4 aromatic heterocycles. The molecule has 0 aromatic carbocycles. The highest BCUT2D eigenvalue weighted by Gasteiger charge is 2.37. The van der Waals surface area contributed by atoms with Gasteiger partial charge in [0.05, 0.1) is 63.4 Å². The minimum absolute atomic E-state index is 0.0929. The lowest BCUT2D eigenvalue weighted by atomic mass is 10.1. The van der Waals surface area contributed by atoms with Crippen molar-refractivity contribution in [2.45, 2.75) is 124 Å². The first-order chi connectivity index (χ1) is 24.6. The summed E-state index contributed by atoms with van der Waals surface area (Å²) in [6.45, 7) is 29.9. The molecule has 1 unspecified atom stereocenters. The quantitative estimate of drug-likeness (QED) is 0.0813. The first-order valence-corrected chi connectivity index (χ1v) is 22.6.